The highest BCUT2D eigenvalue weighted by molar-refractivity contribution is 5.80. The molecule has 0 bridgehead atoms. The minimum Gasteiger partial charge on any atom is -0.463 e. The van der Waals surface area contributed by atoms with E-state index < -0.39 is 21.9 Å². The number of nitrogens with zero attached hydrogens (tertiary/aromatic N) is 1. The number of rotatable bonds is 3. The summed E-state index contributed by atoms with van der Waals surface area (Å²) in [7, 11) is 0. The van der Waals surface area contributed by atoms with Crippen LogP contribution in [0.25, 0.3) is 23.1 Å². The second-order valence-corrected chi connectivity index (χ2v) is 4.78. The Labute approximate surface area is 132 Å². The molecule has 0 aliphatic heterocycles. The van der Waals surface area contributed by atoms with E-state index in [9.17, 15) is 24.5 Å². The lowest BCUT2D eigenvalue weighted by atomic mass is 10.1. The number of para-hydroxylation sites is 1. The van der Waals surface area contributed by atoms with E-state index in [-0.39, 0.29) is 16.7 Å². The number of benzene rings is 1. The molecule has 2 N–H and O–H groups in total. The minimum absolute atomic E-state index is 0.115. The molecule has 0 unspecified atom stereocenters. The Hall–Kier alpha value is -3.75. The second kappa shape index (κ2) is 5.80. The standard InChI is InChI=1S/C15H9N3O6/c19-13-8(7-24-11-4-2-1-3-9(11)13)5-6-10-12(18(22)23)14(20)17-15(21)16-10/h1-7H,(H2,16,17,20,21)/b6-5+. The topological polar surface area (TPSA) is 139 Å². The van der Waals surface area contributed by atoms with E-state index in [0.717, 1.165) is 6.08 Å². The predicted molar refractivity (Wildman–Crippen MR) is 85.7 cm³/mol. The summed E-state index contributed by atoms with van der Waals surface area (Å²) in [5.41, 5.74) is -3.00. The van der Waals surface area contributed by atoms with Gasteiger partial charge in [-0.2, -0.15) is 0 Å². The molecule has 0 saturated heterocycles. The lowest BCUT2D eigenvalue weighted by Crippen LogP contribution is -2.25. The van der Waals surface area contributed by atoms with Gasteiger partial charge in [0.25, 0.3) is 0 Å². The average molecular weight is 327 g/mol. The molecule has 0 saturated carbocycles. The van der Waals surface area contributed by atoms with E-state index in [1.54, 1.807) is 29.2 Å². The molecule has 1 aromatic carbocycles. The number of nitro groups is 1. The van der Waals surface area contributed by atoms with Crippen molar-refractivity contribution in [2.75, 3.05) is 0 Å². The Bertz CT molecular complexity index is 1150. The maximum absolute atomic E-state index is 12.3. The summed E-state index contributed by atoms with van der Waals surface area (Å²) in [5.74, 6) is 0. The lowest BCUT2D eigenvalue weighted by Gasteiger charge is -1.98. The summed E-state index contributed by atoms with van der Waals surface area (Å²) in [6, 6.07) is 6.59. The summed E-state index contributed by atoms with van der Waals surface area (Å²) >= 11 is 0. The van der Waals surface area contributed by atoms with Crippen molar-refractivity contribution in [3.8, 4) is 0 Å². The third kappa shape index (κ3) is 2.65. The second-order valence-electron chi connectivity index (χ2n) is 4.78. The molecular formula is C15H9N3O6. The van der Waals surface area contributed by atoms with Crippen molar-refractivity contribution in [2.24, 2.45) is 0 Å². The highest BCUT2D eigenvalue weighted by atomic mass is 16.6. The summed E-state index contributed by atoms with van der Waals surface area (Å²) in [4.78, 5) is 49.1. The van der Waals surface area contributed by atoms with Gasteiger partial charge >= 0.3 is 16.9 Å². The van der Waals surface area contributed by atoms with Crippen molar-refractivity contribution < 1.29 is 9.34 Å². The SMILES string of the molecule is O=c1[nH]c(/C=C/c2coc3ccccc3c2=O)c([N+](=O)[O-])c(=O)[nH]1. The third-order valence-electron chi connectivity index (χ3n) is 3.26. The van der Waals surface area contributed by atoms with E-state index >= 15 is 0 Å². The third-order valence-corrected chi connectivity index (χ3v) is 3.26. The van der Waals surface area contributed by atoms with E-state index in [1.807, 2.05) is 0 Å². The Kier molecular flexibility index (Phi) is 3.66. The van der Waals surface area contributed by atoms with E-state index in [0.29, 0.717) is 11.0 Å². The number of hydrogen-bond donors (Lipinski definition) is 2. The monoisotopic (exact) mass is 327 g/mol. The molecule has 0 spiro atoms. The molecule has 3 aromatic rings. The van der Waals surface area contributed by atoms with Crippen LogP contribution in [-0.2, 0) is 0 Å². The van der Waals surface area contributed by atoms with Gasteiger partial charge in [0.05, 0.1) is 15.9 Å². The number of nitrogens with one attached hydrogen (secondary N) is 2. The fourth-order valence-electron chi connectivity index (χ4n) is 2.18. The molecule has 9 heteroatoms. The van der Waals surface area contributed by atoms with Crippen LogP contribution in [-0.4, -0.2) is 14.9 Å². The first-order chi connectivity index (χ1) is 11.5. The largest absolute Gasteiger partial charge is 0.463 e. The van der Waals surface area contributed by atoms with Crippen LogP contribution >= 0.6 is 0 Å². The molecular weight excluding hydrogens is 318 g/mol. The Balaban J connectivity index is 2.15. The van der Waals surface area contributed by atoms with Crippen LogP contribution in [0.1, 0.15) is 11.3 Å². The first-order valence-electron chi connectivity index (χ1n) is 6.67. The molecule has 24 heavy (non-hydrogen) atoms. The molecule has 0 radical (unpaired) electrons. The van der Waals surface area contributed by atoms with Gasteiger partial charge in [-0.1, -0.05) is 12.1 Å². The molecule has 9 nitrogen and oxygen atoms in total. The zero-order valence-electron chi connectivity index (χ0n) is 11.9. The molecule has 2 aromatic heterocycles. The molecule has 0 atom stereocenters. The number of aromatic amines is 2. The van der Waals surface area contributed by atoms with Crippen LogP contribution in [0.15, 0.2) is 49.3 Å². The van der Waals surface area contributed by atoms with Crippen LogP contribution in [0.2, 0.25) is 0 Å². The Morgan fingerprint density at radius 3 is 2.58 bits per heavy atom. The zero-order valence-corrected chi connectivity index (χ0v) is 11.9. The van der Waals surface area contributed by atoms with Crippen LogP contribution in [0, 0.1) is 10.1 Å². The maximum atomic E-state index is 12.3. The first kappa shape index (κ1) is 15.2. The van der Waals surface area contributed by atoms with Crippen LogP contribution in [0.3, 0.4) is 0 Å². The maximum Gasteiger partial charge on any atom is 0.357 e. The highest BCUT2D eigenvalue weighted by Crippen LogP contribution is 2.14. The van der Waals surface area contributed by atoms with Gasteiger partial charge in [0.15, 0.2) is 5.43 Å². The van der Waals surface area contributed by atoms with E-state index in [4.69, 9.17) is 4.42 Å². The predicted octanol–water partition coefficient (Wildman–Crippen LogP) is 1.25. The van der Waals surface area contributed by atoms with Gasteiger partial charge in [-0.25, -0.2) is 4.79 Å². The molecule has 3 rings (SSSR count). The zero-order chi connectivity index (χ0) is 17.3. The Morgan fingerprint density at radius 1 is 1.08 bits per heavy atom. The van der Waals surface area contributed by atoms with Crippen LogP contribution < -0.4 is 16.7 Å². The molecule has 120 valence electrons. The van der Waals surface area contributed by atoms with E-state index in [1.165, 1.54) is 12.3 Å². The number of fused-ring (bicyclic) bond motifs is 1. The van der Waals surface area contributed by atoms with Gasteiger partial charge in [-0.3, -0.25) is 24.7 Å². The normalized spacial score (nSPS) is 11.2. The first-order valence-corrected chi connectivity index (χ1v) is 6.67. The average Bonchev–Trinajstić information content (AvgIpc) is 2.53. The molecule has 0 fully saturated rings. The lowest BCUT2D eigenvalue weighted by molar-refractivity contribution is -0.386. The smallest absolute Gasteiger partial charge is 0.357 e. The van der Waals surface area contributed by atoms with Crippen molar-refractivity contribution in [1.29, 1.82) is 0 Å². The van der Waals surface area contributed by atoms with Crippen molar-refractivity contribution in [3.63, 3.8) is 0 Å². The van der Waals surface area contributed by atoms with Gasteiger partial charge in [0.2, 0.25) is 0 Å². The van der Waals surface area contributed by atoms with Gasteiger partial charge in [0, 0.05) is 0 Å². The quantitative estimate of drug-likeness (QED) is 0.548. The van der Waals surface area contributed by atoms with Gasteiger partial charge in [0.1, 0.15) is 17.5 Å². The van der Waals surface area contributed by atoms with Crippen LogP contribution in [0.5, 0.6) is 0 Å². The molecule has 0 aliphatic carbocycles. The molecule has 0 aliphatic rings. The van der Waals surface area contributed by atoms with Crippen molar-refractivity contribution in [1.82, 2.24) is 9.97 Å². The Morgan fingerprint density at radius 2 is 1.83 bits per heavy atom. The van der Waals surface area contributed by atoms with Gasteiger partial charge < -0.3 is 9.40 Å². The highest BCUT2D eigenvalue weighted by Gasteiger charge is 2.18. The van der Waals surface area contributed by atoms with Gasteiger partial charge in [-0.05, 0) is 24.3 Å². The number of aromatic nitrogens is 2. The number of hydrogen-bond acceptors (Lipinski definition) is 6. The molecule has 0 amide bonds. The minimum atomic E-state index is -1.13. The fraction of sp³-hybridized carbons (Fsp3) is 0. The van der Waals surface area contributed by atoms with Crippen molar-refractivity contribution in [2.45, 2.75) is 0 Å². The summed E-state index contributed by atoms with van der Waals surface area (Å²) in [6.45, 7) is 0. The summed E-state index contributed by atoms with van der Waals surface area (Å²) < 4.78 is 5.31. The fourth-order valence-corrected chi connectivity index (χ4v) is 2.18. The van der Waals surface area contributed by atoms with E-state index in [2.05, 4.69) is 4.98 Å². The van der Waals surface area contributed by atoms with Crippen molar-refractivity contribution in [3.05, 3.63) is 83.0 Å². The summed E-state index contributed by atoms with van der Waals surface area (Å²) in [6.07, 6.45) is 3.53. The van der Waals surface area contributed by atoms with Gasteiger partial charge in [-0.15, -0.1) is 0 Å². The van der Waals surface area contributed by atoms with Crippen molar-refractivity contribution >= 4 is 28.8 Å². The summed E-state index contributed by atoms with van der Waals surface area (Å²) in [5, 5.41) is 11.3. The number of H-pyrrole nitrogens is 2. The van der Waals surface area contributed by atoms with Crippen LogP contribution in [0.4, 0.5) is 5.69 Å². The molecule has 2 heterocycles.